The van der Waals surface area contributed by atoms with Gasteiger partial charge in [0.1, 0.15) is 5.02 Å². The Labute approximate surface area is 148 Å². The molecule has 4 aliphatic carbocycles. The van der Waals surface area contributed by atoms with E-state index in [2.05, 4.69) is 0 Å². The number of carbonyl (C=O) groups excluding carboxylic acids is 1. The van der Waals surface area contributed by atoms with Gasteiger partial charge in [0.25, 0.3) is 5.56 Å². The standard InChI is InChI=1S/C18H19ClF3NO2/c19-14-4-13(18(20,21)22)8-23(16(14)25)9-15(24)17-5-10-1-11(6-17)3-12(2-10)7-17/h4,8,10-12H,1-3,5-7,9H2. The minimum Gasteiger partial charge on any atom is -0.306 e. The van der Waals surface area contributed by atoms with Crippen molar-refractivity contribution in [3.8, 4) is 0 Å². The third kappa shape index (κ3) is 2.92. The molecule has 4 aliphatic rings. The molecule has 0 aromatic carbocycles. The fourth-order valence-electron chi connectivity index (χ4n) is 5.65. The Hall–Kier alpha value is -1.30. The van der Waals surface area contributed by atoms with E-state index in [1.165, 1.54) is 19.3 Å². The fourth-order valence-corrected chi connectivity index (χ4v) is 5.87. The summed E-state index contributed by atoms with van der Waals surface area (Å²) in [6.45, 7) is -0.325. The molecule has 7 heteroatoms. The molecule has 4 fully saturated rings. The molecule has 5 rings (SSSR count). The minimum absolute atomic E-state index is 0.107. The van der Waals surface area contributed by atoms with Crippen molar-refractivity contribution in [2.45, 2.75) is 51.2 Å². The topological polar surface area (TPSA) is 39.1 Å². The zero-order chi connectivity index (χ0) is 18.0. The van der Waals surface area contributed by atoms with E-state index in [0.29, 0.717) is 30.0 Å². The highest BCUT2D eigenvalue weighted by atomic mass is 35.5. The molecule has 0 radical (unpaired) electrons. The van der Waals surface area contributed by atoms with Crippen molar-refractivity contribution in [1.29, 1.82) is 0 Å². The number of alkyl halides is 3. The molecule has 0 atom stereocenters. The summed E-state index contributed by atoms with van der Waals surface area (Å²) in [6, 6.07) is 0.621. The van der Waals surface area contributed by atoms with Crippen LogP contribution < -0.4 is 5.56 Å². The lowest BCUT2D eigenvalue weighted by Crippen LogP contribution is -2.51. The molecule has 1 aromatic rings. The van der Waals surface area contributed by atoms with Crippen LogP contribution in [0.1, 0.15) is 44.1 Å². The second-order valence-electron chi connectivity index (χ2n) is 8.13. The average molecular weight is 374 g/mol. The first-order valence-electron chi connectivity index (χ1n) is 8.67. The van der Waals surface area contributed by atoms with Gasteiger partial charge in [-0.15, -0.1) is 0 Å². The monoisotopic (exact) mass is 373 g/mol. The first-order chi connectivity index (χ1) is 11.7. The Morgan fingerprint density at radius 1 is 1.16 bits per heavy atom. The third-order valence-corrected chi connectivity index (χ3v) is 6.58. The molecule has 4 bridgehead atoms. The van der Waals surface area contributed by atoms with Gasteiger partial charge in [-0.05, 0) is 62.3 Å². The zero-order valence-electron chi connectivity index (χ0n) is 13.6. The van der Waals surface area contributed by atoms with E-state index in [0.717, 1.165) is 23.8 Å². The number of carbonyl (C=O) groups is 1. The zero-order valence-corrected chi connectivity index (χ0v) is 14.4. The maximum absolute atomic E-state index is 13.0. The van der Waals surface area contributed by atoms with E-state index in [1.54, 1.807) is 0 Å². The molecule has 0 spiro atoms. The van der Waals surface area contributed by atoms with Gasteiger partial charge in [0.2, 0.25) is 0 Å². The number of rotatable bonds is 3. The molecular weight excluding hydrogens is 355 g/mol. The molecule has 0 aliphatic heterocycles. The first kappa shape index (κ1) is 17.1. The Kier molecular flexibility index (Phi) is 3.84. The van der Waals surface area contributed by atoms with Crippen LogP contribution in [-0.2, 0) is 17.5 Å². The smallest absolute Gasteiger partial charge is 0.306 e. The third-order valence-electron chi connectivity index (χ3n) is 6.31. The highest BCUT2D eigenvalue weighted by Gasteiger charge is 2.54. The Morgan fingerprint density at radius 2 is 1.68 bits per heavy atom. The van der Waals surface area contributed by atoms with Crippen molar-refractivity contribution < 1.29 is 18.0 Å². The summed E-state index contributed by atoms with van der Waals surface area (Å²) >= 11 is 5.68. The summed E-state index contributed by atoms with van der Waals surface area (Å²) in [5.41, 5.74) is -2.20. The van der Waals surface area contributed by atoms with Gasteiger partial charge >= 0.3 is 6.18 Å². The summed E-state index contributed by atoms with van der Waals surface area (Å²) in [4.78, 5) is 25.1. The van der Waals surface area contributed by atoms with Crippen molar-refractivity contribution in [3.63, 3.8) is 0 Å². The van der Waals surface area contributed by atoms with E-state index in [-0.39, 0.29) is 12.3 Å². The highest BCUT2D eigenvalue weighted by Crippen LogP contribution is 2.60. The lowest BCUT2D eigenvalue weighted by Gasteiger charge is -2.56. The Balaban J connectivity index is 1.63. The number of pyridine rings is 1. The van der Waals surface area contributed by atoms with Gasteiger partial charge in [0, 0.05) is 11.6 Å². The second-order valence-corrected chi connectivity index (χ2v) is 8.54. The number of halogens is 4. The molecule has 0 N–H and O–H groups in total. The fraction of sp³-hybridized carbons (Fsp3) is 0.667. The average Bonchev–Trinajstić information content (AvgIpc) is 2.49. The summed E-state index contributed by atoms with van der Waals surface area (Å²) in [6.07, 6.45) is 2.07. The molecule has 0 amide bonds. The van der Waals surface area contributed by atoms with E-state index in [1.807, 2.05) is 0 Å². The van der Waals surface area contributed by atoms with Gasteiger partial charge < -0.3 is 4.57 Å². The molecule has 4 saturated carbocycles. The summed E-state index contributed by atoms with van der Waals surface area (Å²) in [7, 11) is 0. The van der Waals surface area contributed by atoms with Crippen molar-refractivity contribution >= 4 is 17.4 Å². The van der Waals surface area contributed by atoms with Crippen LogP contribution in [0, 0.1) is 23.2 Å². The molecular formula is C18H19ClF3NO2. The second kappa shape index (κ2) is 5.60. The number of hydrogen-bond donors (Lipinski definition) is 0. The molecule has 1 aromatic heterocycles. The van der Waals surface area contributed by atoms with E-state index in [4.69, 9.17) is 11.6 Å². The predicted octanol–water partition coefficient (Wildman–Crippen LogP) is 4.31. The maximum Gasteiger partial charge on any atom is 0.417 e. The van der Waals surface area contributed by atoms with Gasteiger partial charge in [0.05, 0.1) is 12.1 Å². The van der Waals surface area contributed by atoms with E-state index < -0.39 is 27.7 Å². The molecule has 136 valence electrons. The van der Waals surface area contributed by atoms with Gasteiger partial charge in [-0.1, -0.05) is 11.6 Å². The summed E-state index contributed by atoms with van der Waals surface area (Å²) in [5, 5.41) is -0.506. The van der Waals surface area contributed by atoms with E-state index in [9.17, 15) is 22.8 Å². The first-order valence-corrected chi connectivity index (χ1v) is 9.04. The lowest BCUT2D eigenvalue weighted by atomic mass is 9.48. The molecule has 0 saturated heterocycles. The minimum atomic E-state index is -4.61. The van der Waals surface area contributed by atoms with Gasteiger partial charge in [0.15, 0.2) is 5.78 Å². The Bertz CT molecular complexity index is 748. The van der Waals surface area contributed by atoms with Crippen LogP contribution in [0.4, 0.5) is 13.2 Å². The Morgan fingerprint density at radius 3 is 2.16 bits per heavy atom. The van der Waals surface area contributed by atoms with Crippen LogP contribution in [0.25, 0.3) is 0 Å². The molecule has 25 heavy (non-hydrogen) atoms. The molecule has 0 unspecified atom stereocenters. The van der Waals surface area contributed by atoms with Gasteiger partial charge in [-0.3, -0.25) is 9.59 Å². The lowest BCUT2D eigenvalue weighted by molar-refractivity contribution is -0.145. The van der Waals surface area contributed by atoms with Crippen LogP contribution in [0.2, 0.25) is 5.02 Å². The number of aromatic nitrogens is 1. The molecule has 1 heterocycles. The van der Waals surface area contributed by atoms with Crippen LogP contribution in [-0.4, -0.2) is 10.4 Å². The van der Waals surface area contributed by atoms with Crippen molar-refractivity contribution in [2.24, 2.45) is 23.2 Å². The number of nitrogens with zero attached hydrogens (tertiary/aromatic N) is 1. The summed E-state index contributed by atoms with van der Waals surface area (Å²) < 4.78 is 39.8. The number of Topliss-reactive ketones (excluding diaryl/α,β-unsaturated/α-hetero) is 1. The normalized spacial score (nSPS) is 33.7. The van der Waals surface area contributed by atoms with Crippen LogP contribution in [0.15, 0.2) is 17.1 Å². The van der Waals surface area contributed by atoms with Crippen molar-refractivity contribution in [1.82, 2.24) is 4.57 Å². The SMILES string of the molecule is O=C(Cn1cc(C(F)(F)F)cc(Cl)c1=O)C12CC3CC(CC(C3)C1)C2. The maximum atomic E-state index is 13.0. The number of hydrogen-bond acceptors (Lipinski definition) is 2. The summed E-state index contributed by atoms with van der Waals surface area (Å²) in [5.74, 6) is 1.55. The van der Waals surface area contributed by atoms with Crippen LogP contribution in [0.5, 0.6) is 0 Å². The van der Waals surface area contributed by atoms with Crippen molar-refractivity contribution in [2.75, 3.05) is 0 Å². The molecule has 3 nitrogen and oxygen atoms in total. The van der Waals surface area contributed by atoms with Crippen LogP contribution >= 0.6 is 11.6 Å². The predicted molar refractivity (Wildman–Crippen MR) is 86.3 cm³/mol. The number of ketones is 1. The quantitative estimate of drug-likeness (QED) is 0.792. The van der Waals surface area contributed by atoms with Crippen LogP contribution in [0.3, 0.4) is 0 Å². The van der Waals surface area contributed by atoms with Gasteiger partial charge in [-0.25, -0.2) is 0 Å². The van der Waals surface area contributed by atoms with E-state index >= 15 is 0 Å². The van der Waals surface area contributed by atoms with Gasteiger partial charge in [-0.2, -0.15) is 13.2 Å². The largest absolute Gasteiger partial charge is 0.417 e. The highest BCUT2D eigenvalue weighted by molar-refractivity contribution is 6.30. The van der Waals surface area contributed by atoms with Crippen molar-refractivity contribution in [3.05, 3.63) is 33.2 Å².